The van der Waals surface area contributed by atoms with Crippen LogP contribution in [0.5, 0.6) is 0 Å². The molecule has 0 heterocycles. The van der Waals surface area contributed by atoms with Gasteiger partial charge in [-0.1, -0.05) is 13.2 Å². The van der Waals surface area contributed by atoms with E-state index in [1.54, 1.807) is 0 Å². The van der Waals surface area contributed by atoms with Gasteiger partial charge in [0.25, 0.3) is 0 Å². The maximum atomic E-state index is 11.4. The predicted octanol–water partition coefficient (Wildman–Crippen LogP) is 1.09. The van der Waals surface area contributed by atoms with Crippen molar-refractivity contribution >= 4 is 23.9 Å². The fourth-order valence-electron chi connectivity index (χ4n) is 1.91. The fourth-order valence-corrected chi connectivity index (χ4v) is 1.91. The SMILES string of the molecule is C=C[C@H](OC(C)=O)[C@H](OC(C)=O)[C@H](OC(C)=O)[C@H](C=C)OC(C)=O. The number of carbonyl (C=O) groups is 4. The zero-order chi connectivity index (χ0) is 18.9. The van der Waals surface area contributed by atoms with E-state index in [2.05, 4.69) is 13.2 Å². The Balaban J connectivity index is 5.83. The molecule has 0 aliphatic rings. The number of carbonyl (C=O) groups excluding carboxylic acids is 4. The lowest BCUT2D eigenvalue weighted by Gasteiger charge is -2.33. The molecule has 0 saturated carbocycles. The highest BCUT2D eigenvalue weighted by atomic mass is 16.6. The molecule has 0 N–H and O–H groups in total. The average molecular weight is 342 g/mol. The number of esters is 4. The van der Waals surface area contributed by atoms with E-state index >= 15 is 0 Å². The summed E-state index contributed by atoms with van der Waals surface area (Å²) in [5.74, 6) is -2.77. The second-order valence-corrected chi connectivity index (χ2v) is 4.77. The lowest BCUT2D eigenvalue weighted by molar-refractivity contribution is -0.190. The summed E-state index contributed by atoms with van der Waals surface area (Å²) in [6.45, 7) is 11.6. The molecule has 0 fully saturated rings. The number of hydrogen-bond acceptors (Lipinski definition) is 8. The predicted molar refractivity (Wildman–Crippen MR) is 82.6 cm³/mol. The highest BCUT2D eigenvalue weighted by Crippen LogP contribution is 2.20. The molecule has 0 aromatic rings. The Morgan fingerprint density at radius 3 is 1.04 bits per heavy atom. The van der Waals surface area contributed by atoms with Gasteiger partial charge in [-0.3, -0.25) is 19.2 Å². The van der Waals surface area contributed by atoms with E-state index in [1.807, 2.05) is 0 Å². The molecule has 0 bridgehead atoms. The standard InChI is InChI=1S/C16H22O8/c1-7-13(21-9(3)17)15(23-11(5)19)16(24-12(6)20)14(8-2)22-10(4)18/h7-8,13-16H,1-2H2,3-6H3/t13-,14-,15-,16+/m0/s1. The highest BCUT2D eigenvalue weighted by Gasteiger charge is 2.41. The van der Waals surface area contributed by atoms with E-state index in [4.69, 9.17) is 18.9 Å². The van der Waals surface area contributed by atoms with Gasteiger partial charge in [-0.05, 0) is 12.2 Å². The van der Waals surface area contributed by atoms with Crippen molar-refractivity contribution in [1.29, 1.82) is 0 Å². The molecule has 8 nitrogen and oxygen atoms in total. The normalized spacial score (nSPS) is 15.0. The van der Waals surface area contributed by atoms with Gasteiger partial charge in [-0.2, -0.15) is 0 Å². The molecule has 0 radical (unpaired) electrons. The van der Waals surface area contributed by atoms with Crippen LogP contribution in [0.1, 0.15) is 27.7 Å². The molecule has 24 heavy (non-hydrogen) atoms. The summed E-state index contributed by atoms with van der Waals surface area (Å²) in [6.07, 6.45) is -2.41. The van der Waals surface area contributed by atoms with Gasteiger partial charge in [0.05, 0.1) is 0 Å². The molecule has 0 aromatic heterocycles. The van der Waals surface area contributed by atoms with Crippen LogP contribution >= 0.6 is 0 Å². The average Bonchev–Trinajstić information content (AvgIpc) is 2.45. The number of hydrogen-bond donors (Lipinski definition) is 0. The van der Waals surface area contributed by atoms with Crippen LogP contribution in [-0.2, 0) is 38.1 Å². The van der Waals surface area contributed by atoms with Crippen LogP contribution in [0, 0.1) is 0 Å². The van der Waals surface area contributed by atoms with Crippen LogP contribution in [0.25, 0.3) is 0 Å². The topological polar surface area (TPSA) is 105 Å². The summed E-state index contributed by atoms with van der Waals surface area (Å²) >= 11 is 0. The smallest absolute Gasteiger partial charge is 0.303 e. The molecule has 0 amide bonds. The van der Waals surface area contributed by atoms with E-state index in [9.17, 15) is 19.2 Å². The fraction of sp³-hybridized carbons (Fsp3) is 0.500. The van der Waals surface area contributed by atoms with Crippen molar-refractivity contribution in [3.8, 4) is 0 Å². The quantitative estimate of drug-likeness (QED) is 0.348. The van der Waals surface area contributed by atoms with Gasteiger partial charge in [0.15, 0.2) is 24.4 Å². The second-order valence-electron chi connectivity index (χ2n) is 4.77. The summed E-state index contributed by atoms with van der Waals surface area (Å²) in [5, 5.41) is 0. The molecule has 134 valence electrons. The first kappa shape index (κ1) is 21.4. The Morgan fingerprint density at radius 1 is 0.625 bits per heavy atom. The molecule has 0 aromatic carbocycles. The largest absolute Gasteiger partial charge is 0.454 e. The minimum absolute atomic E-state index is 0.665. The van der Waals surface area contributed by atoms with E-state index < -0.39 is 48.3 Å². The van der Waals surface area contributed by atoms with E-state index in [0.717, 1.165) is 27.7 Å². The molecule has 0 aliphatic heterocycles. The first-order valence-electron chi connectivity index (χ1n) is 7.06. The summed E-state index contributed by atoms with van der Waals surface area (Å²) in [7, 11) is 0. The highest BCUT2D eigenvalue weighted by molar-refractivity contribution is 5.69. The van der Waals surface area contributed by atoms with E-state index in [1.165, 1.54) is 12.2 Å². The van der Waals surface area contributed by atoms with Gasteiger partial charge < -0.3 is 18.9 Å². The molecule has 4 atom stereocenters. The van der Waals surface area contributed by atoms with Crippen LogP contribution < -0.4 is 0 Å². The van der Waals surface area contributed by atoms with Gasteiger partial charge >= 0.3 is 23.9 Å². The van der Waals surface area contributed by atoms with Crippen LogP contribution in [0.3, 0.4) is 0 Å². The Bertz CT molecular complexity index is 464. The maximum absolute atomic E-state index is 11.4. The van der Waals surface area contributed by atoms with E-state index in [-0.39, 0.29) is 0 Å². The molecule has 0 unspecified atom stereocenters. The lowest BCUT2D eigenvalue weighted by atomic mass is 10.0. The Labute approximate surface area is 140 Å². The Kier molecular flexibility index (Phi) is 9.07. The third-order valence-corrected chi connectivity index (χ3v) is 2.64. The zero-order valence-corrected chi connectivity index (χ0v) is 14.1. The summed E-state index contributed by atoms with van der Waals surface area (Å²) in [5.41, 5.74) is 0. The first-order chi connectivity index (χ1) is 11.1. The molecular formula is C16H22O8. The Hall–Kier alpha value is -2.64. The molecule has 8 heteroatoms. The third kappa shape index (κ3) is 7.57. The van der Waals surface area contributed by atoms with Crippen molar-refractivity contribution < 1.29 is 38.1 Å². The van der Waals surface area contributed by atoms with Crippen LogP contribution in [0.15, 0.2) is 25.3 Å². The van der Waals surface area contributed by atoms with Crippen molar-refractivity contribution in [2.75, 3.05) is 0 Å². The molecule has 0 rings (SSSR count). The summed E-state index contributed by atoms with van der Waals surface area (Å²) < 4.78 is 20.3. The van der Waals surface area contributed by atoms with E-state index in [0.29, 0.717) is 0 Å². The first-order valence-corrected chi connectivity index (χ1v) is 7.06. The monoisotopic (exact) mass is 342 g/mol. The molecule has 0 saturated heterocycles. The minimum Gasteiger partial charge on any atom is -0.454 e. The van der Waals surface area contributed by atoms with Crippen molar-refractivity contribution in [3.05, 3.63) is 25.3 Å². The van der Waals surface area contributed by atoms with Crippen molar-refractivity contribution in [2.45, 2.75) is 52.1 Å². The molecule has 0 aliphatic carbocycles. The maximum Gasteiger partial charge on any atom is 0.303 e. The summed E-state index contributed by atoms with van der Waals surface area (Å²) in [4.78, 5) is 45.3. The molecule has 0 spiro atoms. The second kappa shape index (κ2) is 10.2. The van der Waals surface area contributed by atoms with Crippen LogP contribution in [-0.4, -0.2) is 48.3 Å². The lowest BCUT2D eigenvalue weighted by Crippen LogP contribution is -2.50. The Morgan fingerprint density at radius 2 is 0.875 bits per heavy atom. The number of ether oxygens (including phenoxy) is 4. The van der Waals surface area contributed by atoms with Crippen molar-refractivity contribution in [2.24, 2.45) is 0 Å². The number of rotatable bonds is 9. The van der Waals surface area contributed by atoms with Crippen LogP contribution in [0.2, 0.25) is 0 Å². The summed E-state index contributed by atoms with van der Waals surface area (Å²) in [6, 6.07) is 0. The van der Waals surface area contributed by atoms with Gasteiger partial charge in [0.1, 0.15) is 0 Å². The van der Waals surface area contributed by atoms with Crippen molar-refractivity contribution in [3.63, 3.8) is 0 Å². The van der Waals surface area contributed by atoms with Gasteiger partial charge in [-0.15, -0.1) is 0 Å². The van der Waals surface area contributed by atoms with Crippen LogP contribution in [0.4, 0.5) is 0 Å². The third-order valence-electron chi connectivity index (χ3n) is 2.64. The molecular weight excluding hydrogens is 320 g/mol. The van der Waals surface area contributed by atoms with Crippen molar-refractivity contribution in [1.82, 2.24) is 0 Å². The van der Waals surface area contributed by atoms with Gasteiger partial charge in [0.2, 0.25) is 0 Å². The zero-order valence-electron chi connectivity index (χ0n) is 14.1. The van der Waals surface area contributed by atoms with Gasteiger partial charge in [0, 0.05) is 27.7 Å². The minimum atomic E-state index is -1.28. The van der Waals surface area contributed by atoms with Gasteiger partial charge in [-0.25, -0.2) is 0 Å².